The largest absolute Gasteiger partial charge is 0.448 e. The summed E-state index contributed by atoms with van der Waals surface area (Å²) in [5, 5.41) is 10.1. The molecule has 4 heteroatoms. The zero-order valence-electron chi connectivity index (χ0n) is 15.4. The Morgan fingerprint density at radius 3 is 2.11 bits per heavy atom. The van der Waals surface area contributed by atoms with E-state index in [1.165, 1.54) is 22.3 Å². The molecule has 0 aromatic heterocycles. The Morgan fingerprint density at radius 2 is 1.52 bits per heavy atom. The minimum absolute atomic E-state index is 0.0940. The van der Waals surface area contributed by atoms with Crippen LogP contribution in [0.2, 0.25) is 0 Å². The van der Waals surface area contributed by atoms with Crippen molar-refractivity contribution in [3.8, 4) is 11.1 Å². The number of rotatable bonds is 2. The number of hydrogen-bond donors (Lipinski definition) is 1. The molecule has 4 nitrogen and oxygen atoms in total. The van der Waals surface area contributed by atoms with Crippen LogP contribution in [-0.2, 0) is 4.74 Å². The number of aliphatic hydroxyl groups is 1. The number of piperidine rings is 2. The molecule has 2 saturated heterocycles. The second-order valence-corrected chi connectivity index (χ2v) is 8.08. The van der Waals surface area contributed by atoms with E-state index >= 15 is 0 Å². The Bertz CT molecular complexity index is 805. The highest BCUT2D eigenvalue weighted by Crippen LogP contribution is 2.44. The third-order valence-corrected chi connectivity index (χ3v) is 6.50. The molecule has 2 aromatic rings. The van der Waals surface area contributed by atoms with Gasteiger partial charge in [0.1, 0.15) is 6.61 Å². The fourth-order valence-electron chi connectivity index (χ4n) is 5.32. The fraction of sp³-hybridized carbons (Fsp3) is 0.435. The summed E-state index contributed by atoms with van der Waals surface area (Å²) >= 11 is 0. The van der Waals surface area contributed by atoms with Gasteiger partial charge in [-0.25, -0.2) is 4.79 Å². The van der Waals surface area contributed by atoms with Crippen molar-refractivity contribution in [3.05, 3.63) is 59.7 Å². The van der Waals surface area contributed by atoms with Crippen LogP contribution in [0, 0.1) is 0 Å². The van der Waals surface area contributed by atoms with Crippen molar-refractivity contribution in [1.82, 2.24) is 4.90 Å². The van der Waals surface area contributed by atoms with Gasteiger partial charge in [-0.2, -0.15) is 0 Å². The quantitative estimate of drug-likeness (QED) is 0.865. The second-order valence-electron chi connectivity index (χ2n) is 8.08. The van der Waals surface area contributed by atoms with Gasteiger partial charge >= 0.3 is 6.09 Å². The van der Waals surface area contributed by atoms with Crippen LogP contribution in [0.3, 0.4) is 0 Å². The highest BCUT2D eigenvalue weighted by molar-refractivity contribution is 5.79. The lowest BCUT2D eigenvalue weighted by atomic mass is 9.83. The number of benzene rings is 2. The molecule has 0 spiro atoms. The van der Waals surface area contributed by atoms with Gasteiger partial charge < -0.3 is 14.7 Å². The molecule has 5 rings (SSSR count). The van der Waals surface area contributed by atoms with Crippen molar-refractivity contribution in [2.24, 2.45) is 0 Å². The average Bonchev–Trinajstić information content (AvgIpc) is 2.99. The fourth-order valence-corrected chi connectivity index (χ4v) is 5.32. The molecule has 2 atom stereocenters. The van der Waals surface area contributed by atoms with E-state index < -0.39 is 0 Å². The molecule has 1 amide bonds. The van der Waals surface area contributed by atoms with Gasteiger partial charge in [0.15, 0.2) is 0 Å². The van der Waals surface area contributed by atoms with E-state index in [4.69, 9.17) is 4.74 Å². The summed E-state index contributed by atoms with van der Waals surface area (Å²) in [5.74, 6) is 0.0940. The first-order chi connectivity index (χ1) is 13.2. The molecular formula is C23H25NO3. The van der Waals surface area contributed by atoms with E-state index in [1.807, 2.05) is 4.90 Å². The molecule has 2 fully saturated rings. The number of fused-ring (bicyclic) bond motifs is 5. The molecule has 2 unspecified atom stereocenters. The topological polar surface area (TPSA) is 49.8 Å². The Balaban J connectivity index is 1.35. The van der Waals surface area contributed by atoms with E-state index in [0.717, 1.165) is 19.3 Å². The molecule has 1 N–H and O–H groups in total. The van der Waals surface area contributed by atoms with Gasteiger partial charge in [-0.3, -0.25) is 0 Å². The van der Waals surface area contributed by atoms with Crippen LogP contribution in [0.5, 0.6) is 0 Å². The minimum atomic E-state index is -0.280. The van der Waals surface area contributed by atoms with Gasteiger partial charge in [0, 0.05) is 18.0 Å². The van der Waals surface area contributed by atoms with E-state index in [1.54, 1.807) is 0 Å². The number of nitrogens with zero attached hydrogens (tertiary/aromatic N) is 1. The zero-order valence-corrected chi connectivity index (χ0v) is 15.4. The Kier molecular flexibility index (Phi) is 4.16. The van der Waals surface area contributed by atoms with E-state index in [2.05, 4.69) is 48.5 Å². The van der Waals surface area contributed by atoms with Crippen LogP contribution in [-0.4, -0.2) is 40.9 Å². The Hall–Kier alpha value is -2.33. The van der Waals surface area contributed by atoms with Gasteiger partial charge in [0.05, 0.1) is 6.10 Å². The molecule has 0 saturated carbocycles. The summed E-state index contributed by atoms with van der Waals surface area (Å²) in [4.78, 5) is 14.8. The Labute approximate surface area is 159 Å². The van der Waals surface area contributed by atoms with E-state index in [-0.39, 0.29) is 30.2 Å². The molecule has 3 aliphatic rings. The van der Waals surface area contributed by atoms with Gasteiger partial charge in [0.2, 0.25) is 0 Å². The maximum Gasteiger partial charge on any atom is 0.410 e. The summed E-state index contributed by atoms with van der Waals surface area (Å²) < 4.78 is 5.86. The van der Waals surface area contributed by atoms with Crippen LogP contribution in [0.25, 0.3) is 11.1 Å². The number of ether oxygens (including phenoxy) is 1. The van der Waals surface area contributed by atoms with Gasteiger partial charge in [-0.05, 0) is 54.4 Å². The molecule has 140 valence electrons. The van der Waals surface area contributed by atoms with Crippen molar-refractivity contribution in [3.63, 3.8) is 0 Å². The number of aliphatic hydroxyl groups excluding tert-OH is 1. The summed E-state index contributed by atoms with van der Waals surface area (Å²) in [6, 6.07) is 17.0. The summed E-state index contributed by atoms with van der Waals surface area (Å²) in [7, 11) is 0. The normalized spacial score (nSPS) is 26.4. The highest BCUT2D eigenvalue weighted by Gasteiger charge is 2.41. The van der Waals surface area contributed by atoms with Gasteiger partial charge in [0.25, 0.3) is 0 Å². The minimum Gasteiger partial charge on any atom is -0.448 e. The number of hydrogen-bond acceptors (Lipinski definition) is 3. The maximum absolute atomic E-state index is 12.9. The molecule has 2 aliphatic heterocycles. The smallest absolute Gasteiger partial charge is 0.410 e. The number of amides is 1. The van der Waals surface area contributed by atoms with Crippen LogP contribution >= 0.6 is 0 Å². The van der Waals surface area contributed by atoms with Crippen molar-refractivity contribution in [2.75, 3.05) is 6.61 Å². The van der Waals surface area contributed by atoms with Crippen LogP contribution < -0.4 is 0 Å². The summed E-state index contributed by atoms with van der Waals surface area (Å²) in [6.45, 7) is 0.366. The lowest BCUT2D eigenvalue weighted by Gasteiger charge is -2.46. The Morgan fingerprint density at radius 1 is 0.963 bits per heavy atom. The molecule has 27 heavy (non-hydrogen) atoms. The third-order valence-electron chi connectivity index (χ3n) is 6.50. The van der Waals surface area contributed by atoms with Crippen molar-refractivity contribution in [2.45, 2.75) is 56.2 Å². The van der Waals surface area contributed by atoms with Crippen molar-refractivity contribution in [1.29, 1.82) is 0 Å². The van der Waals surface area contributed by atoms with Crippen LogP contribution in [0.15, 0.2) is 48.5 Å². The molecule has 0 radical (unpaired) electrons. The first-order valence-electron chi connectivity index (χ1n) is 10.0. The second kappa shape index (κ2) is 6.68. The monoisotopic (exact) mass is 363 g/mol. The lowest BCUT2D eigenvalue weighted by molar-refractivity contribution is -0.0244. The zero-order chi connectivity index (χ0) is 18.4. The average molecular weight is 363 g/mol. The first-order valence-corrected chi connectivity index (χ1v) is 10.0. The molecular weight excluding hydrogens is 338 g/mol. The van der Waals surface area contributed by atoms with E-state index in [0.29, 0.717) is 19.4 Å². The van der Waals surface area contributed by atoms with Gasteiger partial charge in [-0.1, -0.05) is 48.5 Å². The molecule has 2 bridgehead atoms. The molecule has 2 aromatic carbocycles. The predicted octanol–water partition coefficient (Wildman–Crippen LogP) is 4.31. The van der Waals surface area contributed by atoms with E-state index in [9.17, 15) is 9.90 Å². The molecule has 1 aliphatic carbocycles. The summed E-state index contributed by atoms with van der Waals surface area (Å²) in [5.41, 5.74) is 4.96. The first kappa shape index (κ1) is 16.8. The number of carbonyl (C=O) groups is 1. The van der Waals surface area contributed by atoms with Crippen molar-refractivity contribution < 1.29 is 14.6 Å². The van der Waals surface area contributed by atoms with Crippen LogP contribution in [0.1, 0.15) is 49.1 Å². The van der Waals surface area contributed by atoms with Crippen molar-refractivity contribution >= 4 is 6.09 Å². The third kappa shape index (κ3) is 2.83. The SMILES string of the molecule is O=C(OCC1c2ccccc2-c2ccccc21)N1C2CCCC1CC(O)C2. The van der Waals surface area contributed by atoms with Crippen LogP contribution in [0.4, 0.5) is 4.79 Å². The number of carbonyl (C=O) groups excluding carboxylic acids is 1. The predicted molar refractivity (Wildman–Crippen MR) is 104 cm³/mol. The molecule has 2 heterocycles. The maximum atomic E-state index is 12.9. The lowest BCUT2D eigenvalue weighted by Crippen LogP contribution is -2.56. The highest BCUT2D eigenvalue weighted by atomic mass is 16.6. The standard InChI is InChI=1S/C23H25NO3/c25-17-12-15-6-5-7-16(13-17)24(15)23(26)27-14-22-20-10-3-1-8-18(20)19-9-2-4-11-21(19)22/h1-4,8-11,15-17,22,25H,5-7,12-14H2. The summed E-state index contributed by atoms with van der Waals surface area (Å²) in [6.07, 6.45) is 3.95. The van der Waals surface area contributed by atoms with Gasteiger partial charge in [-0.15, -0.1) is 0 Å².